The fraction of sp³-hybridized carbons (Fsp3) is 0.0556. The van der Waals surface area contributed by atoms with Crippen LogP contribution in [0.3, 0.4) is 0 Å². The summed E-state index contributed by atoms with van der Waals surface area (Å²) in [4.78, 5) is 34.4. The van der Waals surface area contributed by atoms with Gasteiger partial charge in [-0.15, -0.1) is 11.3 Å². The first-order valence-corrected chi connectivity index (χ1v) is 8.89. The Balaban J connectivity index is 1.47. The molecule has 1 amide bonds. The van der Waals surface area contributed by atoms with Crippen LogP contribution in [0.25, 0.3) is 21.9 Å². The highest BCUT2D eigenvalue weighted by molar-refractivity contribution is 7.13. The van der Waals surface area contributed by atoms with Crippen molar-refractivity contribution in [1.29, 1.82) is 0 Å². The summed E-state index contributed by atoms with van der Waals surface area (Å²) < 4.78 is 0. The Kier molecular flexibility index (Phi) is 4.35. The topological polar surface area (TPSA) is 114 Å². The van der Waals surface area contributed by atoms with Gasteiger partial charge in [-0.05, 0) is 23.8 Å². The van der Waals surface area contributed by atoms with Crippen LogP contribution < -0.4 is 5.32 Å². The maximum Gasteiger partial charge on any atom is 0.269 e. The Morgan fingerprint density at radius 2 is 2.04 bits per heavy atom. The van der Waals surface area contributed by atoms with Crippen LogP contribution in [-0.4, -0.2) is 25.8 Å². The molecule has 9 heteroatoms. The zero-order chi connectivity index (χ0) is 18.8. The third-order valence-electron chi connectivity index (χ3n) is 3.91. The molecule has 0 atom stereocenters. The van der Waals surface area contributed by atoms with E-state index in [9.17, 15) is 14.9 Å². The fourth-order valence-corrected chi connectivity index (χ4v) is 3.24. The van der Waals surface area contributed by atoms with Gasteiger partial charge in [0.05, 0.1) is 22.4 Å². The molecule has 134 valence electrons. The number of aromatic nitrogens is 3. The van der Waals surface area contributed by atoms with Gasteiger partial charge >= 0.3 is 0 Å². The number of nitrogens with zero attached hydrogens (tertiary/aromatic N) is 3. The van der Waals surface area contributed by atoms with Gasteiger partial charge in [0.25, 0.3) is 5.69 Å². The molecule has 0 unspecified atom stereocenters. The molecule has 27 heavy (non-hydrogen) atoms. The van der Waals surface area contributed by atoms with Crippen molar-refractivity contribution in [1.82, 2.24) is 15.0 Å². The number of non-ortho nitro benzene ring substituents is 1. The van der Waals surface area contributed by atoms with Crippen molar-refractivity contribution in [3.8, 4) is 10.8 Å². The molecule has 0 spiro atoms. The Bertz CT molecular complexity index is 1120. The van der Waals surface area contributed by atoms with Gasteiger partial charge in [0.2, 0.25) is 5.91 Å². The van der Waals surface area contributed by atoms with Gasteiger partial charge in [-0.3, -0.25) is 14.9 Å². The first-order chi connectivity index (χ1) is 13.1. The molecule has 2 N–H and O–H groups in total. The minimum Gasteiger partial charge on any atom is -0.336 e. The highest BCUT2D eigenvalue weighted by atomic mass is 32.1. The molecule has 0 fully saturated rings. The number of anilines is 1. The maximum atomic E-state index is 12.2. The number of thiazole rings is 1. The number of rotatable bonds is 5. The lowest BCUT2D eigenvalue weighted by molar-refractivity contribution is -0.384. The summed E-state index contributed by atoms with van der Waals surface area (Å²) >= 11 is 1.49. The van der Waals surface area contributed by atoms with E-state index in [1.165, 1.54) is 23.5 Å². The number of benzene rings is 2. The second-order valence-corrected chi connectivity index (χ2v) is 6.70. The number of nitro benzene ring substituents is 1. The highest BCUT2D eigenvalue weighted by Crippen LogP contribution is 2.24. The zero-order valence-electron chi connectivity index (χ0n) is 13.9. The van der Waals surface area contributed by atoms with Crippen LogP contribution in [0.5, 0.6) is 0 Å². The number of nitro groups is 1. The van der Waals surface area contributed by atoms with E-state index in [-0.39, 0.29) is 18.0 Å². The lowest BCUT2D eigenvalue weighted by Gasteiger charge is -2.05. The third-order valence-corrected chi connectivity index (χ3v) is 4.69. The molecule has 0 saturated carbocycles. The highest BCUT2D eigenvalue weighted by Gasteiger charge is 2.10. The van der Waals surface area contributed by atoms with Crippen LogP contribution in [0.15, 0.2) is 54.0 Å². The lowest BCUT2D eigenvalue weighted by atomic mass is 10.1. The summed E-state index contributed by atoms with van der Waals surface area (Å²) in [5, 5.41) is 16.2. The molecule has 0 bridgehead atoms. The van der Waals surface area contributed by atoms with Gasteiger partial charge in [-0.2, -0.15) is 0 Å². The molecule has 0 aliphatic carbocycles. The van der Waals surface area contributed by atoms with Crippen LogP contribution in [-0.2, 0) is 11.2 Å². The van der Waals surface area contributed by atoms with E-state index in [4.69, 9.17) is 0 Å². The number of hydrogen-bond acceptors (Lipinski definition) is 6. The van der Waals surface area contributed by atoms with Crippen molar-refractivity contribution < 1.29 is 9.72 Å². The van der Waals surface area contributed by atoms with Crippen LogP contribution in [0.4, 0.5) is 11.4 Å². The molecular formula is C18H13N5O3S. The molecule has 0 aliphatic heterocycles. The SMILES string of the molecule is O=C(Cc1ccc([N+](=O)[O-])cc1)Nc1ccc2nc(-c3nccs3)[nH]c2c1. The summed E-state index contributed by atoms with van der Waals surface area (Å²) in [5.41, 5.74) is 2.93. The number of aromatic amines is 1. The Morgan fingerprint density at radius 1 is 1.22 bits per heavy atom. The summed E-state index contributed by atoms with van der Waals surface area (Å²) in [7, 11) is 0. The third kappa shape index (κ3) is 3.67. The molecule has 0 radical (unpaired) electrons. The normalized spacial score (nSPS) is 10.8. The maximum absolute atomic E-state index is 12.2. The molecule has 0 saturated heterocycles. The molecular weight excluding hydrogens is 366 g/mol. The van der Waals surface area contributed by atoms with E-state index in [0.717, 1.165) is 16.0 Å². The summed E-state index contributed by atoms with van der Waals surface area (Å²) in [6, 6.07) is 11.4. The van der Waals surface area contributed by atoms with Crippen molar-refractivity contribution in [3.63, 3.8) is 0 Å². The molecule has 4 rings (SSSR count). The number of carbonyl (C=O) groups excluding carboxylic acids is 1. The molecule has 2 aromatic heterocycles. The van der Waals surface area contributed by atoms with Crippen LogP contribution >= 0.6 is 11.3 Å². The van der Waals surface area contributed by atoms with Gasteiger partial charge in [0.15, 0.2) is 10.8 Å². The number of imidazole rings is 1. The number of fused-ring (bicyclic) bond motifs is 1. The average molecular weight is 379 g/mol. The number of amides is 1. The number of hydrogen-bond donors (Lipinski definition) is 2. The van der Waals surface area contributed by atoms with E-state index in [1.807, 2.05) is 17.5 Å². The quantitative estimate of drug-likeness (QED) is 0.405. The van der Waals surface area contributed by atoms with Crippen molar-refractivity contribution in [2.24, 2.45) is 0 Å². The Morgan fingerprint density at radius 3 is 2.74 bits per heavy atom. The average Bonchev–Trinajstić information content (AvgIpc) is 3.31. The van der Waals surface area contributed by atoms with Gasteiger partial charge in [-0.1, -0.05) is 12.1 Å². The van der Waals surface area contributed by atoms with E-state index in [2.05, 4.69) is 20.3 Å². The second kappa shape index (κ2) is 6.96. The standard InChI is InChI=1S/C18H13N5O3S/c24-16(9-11-1-4-13(5-2-11)23(25)26)20-12-3-6-14-15(10-12)22-17(21-14)18-19-7-8-27-18/h1-8,10H,9H2,(H,20,24)(H,21,22). The second-order valence-electron chi connectivity index (χ2n) is 5.80. The van der Waals surface area contributed by atoms with Crippen molar-refractivity contribution >= 4 is 39.7 Å². The van der Waals surface area contributed by atoms with E-state index in [0.29, 0.717) is 17.1 Å². The first kappa shape index (κ1) is 16.9. The lowest BCUT2D eigenvalue weighted by Crippen LogP contribution is -2.14. The summed E-state index contributed by atoms with van der Waals surface area (Å²) in [6.45, 7) is 0. The molecule has 0 aliphatic rings. The van der Waals surface area contributed by atoms with Gasteiger partial charge in [0, 0.05) is 29.4 Å². The fourth-order valence-electron chi connectivity index (χ4n) is 2.66. The van der Waals surface area contributed by atoms with E-state index < -0.39 is 4.92 Å². The molecule has 2 aromatic carbocycles. The Labute approximate surface area is 157 Å². The van der Waals surface area contributed by atoms with Gasteiger partial charge in [0.1, 0.15) is 0 Å². The number of nitrogens with one attached hydrogen (secondary N) is 2. The largest absolute Gasteiger partial charge is 0.336 e. The van der Waals surface area contributed by atoms with Crippen molar-refractivity contribution in [2.45, 2.75) is 6.42 Å². The zero-order valence-corrected chi connectivity index (χ0v) is 14.7. The van der Waals surface area contributed by atoms with E-state index >= 15 is 0 Å². The molecule has 8 nitrogen and oxygen atoms in total. The molecule has 4 aromatic rings. The molecule has 2 heterocycles. The minimum absolute atomic E-state index is 0.000102. The smallest absolute Gasteiger partial charge is 0.269 e. The summed E-state index contributed by atoms with van der Waals surface area (Å²) in [6.07, 6.45) is 1.85. The number of carbonyl (C=O) groups is 1. The van der Waals surface area contributed by atoms with Crippen molar-refractivity contribution in [2.75, 3.05) is 5.32 Å². The van der Waals surface area contributed by atoms with Crippen molar-refractivity contribution in [3.05, 3.63) is 69.7 Å². The van der Waals surface area contributed by atoms with Gasteiger partial charge < -0.3 is 10.3 Å². The van der Waals surface area contributed by atoms with Gasteiger partial charge in [-0.25, -0.2) is 9.97 Å². The minimum atomic E-state index is -0.469. The summed E-state index contributed by atoms with van der Waals surface area (Å²) in [5.74, 6) is 0.484. The Hall–Kier alpha value is -3.59. The predicted octanol–water partition coefficient (Wildman–Crippen LogP) is 3.78. The monoisotopic (exact) mass is 379 g/mol. The van der Waals surface area contributed by atoms with Crippen LogP contribution in [0.1, 0.15) is 5.56 Å². The predicted molar refractivity (Wildman–Crippen MR) is 103 cm³/mol. The van der Waals surface area contributed by atoms with Crippen LogP contribution in [0, 0.1) is 10.1 Å². The first-order valence-electron chi connectivity index (χ1n) is 8.01. The number of H-pyrrole nitrogens is 1. The van der Waals surface area contributed by atoms with E-state index in [1.54, 1.807) is 24.4 Å². The van der Waals surface area contributed by atoms with Crippen LogP contribution in [0.2, 0.25) is 0 Å².